The summed E-state index contributed by atoms with van der Waals surface area (Å²) < 4.78 is 5.25. The first-order valence-corrected chi connectivity index (χ1v) is 8.71. The van der Waals surface area contributed by atoms with Crippen LogP contribution in [-0.4, -0.2) is 65.9 Å². The number of ether oxygens (including phenoxy) is 1. The predicted octanol–water partition coefficient (Wildman–Crippen LogP) is 1.26. The SMILES string of the molecule is CCN(C(=O)NCC1CCSCC1)C1COCC1C(=O)O. The molecule has 2 amide bonds. The lowest BCUT2D eigenvalue weighted by molar-refractivity contribution is -0.142. The number of carboxylic acids is 1. The molecule has 2 heterocycles. The quantitative estimate of drug-likeness (QED) is 0.798. The second kappa shape index (κ2) is 7.89. The van der Waals surface area contributed by atoms with Crippen molar-refractivity contribution in [3.8, 4) is 0 Å². The lowest BCUT2D eigenvalue weighted by Crippen LogP contribution is -2.51. The van der Waals surface area contributed by atoms with Gasteiger partial charge < -0.3 is 20.1 Å². The Morgan fingerprint density at radius 2 is 2.05 bits per heavy atom. The van der Waals surface area contributed by atoms with Crippen LogP contribution in [0.25, 0.3) is 0 Å². The van der Waals surface area contributed by atoms with Crippen molar-refractivity contribution < 1.29 is 19.4 Å². The monoisotopic (exact) mass is 316 g/mol. The number of amides is 2. The molecule has 2 unspecified atom stereocenters. The van der Waals surface area contributed by atoms with E-state index in [9.17, 15) is 14.7 Å². The van der Waals surface area contributed by atoms with Crippen molar-refractivity contribution in [2.24, 2.45) is 11.8 Å². The molecule has 0 aromatic rings. The van der Waals surface area contributed by atoms with Crippen molar-refractivity contribution in [3.63, 3.8) is 0 Å². The molecule has 6 nitrogen and oxygen atoms in total. The summed E-state index contributed by atoms with van der Waals surface area (Å²) in [5, 5.41) is 12.2. The first-order valence-electron chi connectivity index (χ1n) is 7.56. The fraction of sp³-hybridized carbons (Fsp3) is 0.857. The number of nitrogens with zero attached hydrogens (tertiary/aromatic N) is 1. The van der Waals surface area contributed by atoms with Crippen molar-refractivity contribution in [2.75, 3.05) is 37.8 Å². The van der Waals surface area contributed by atoms with E-state index in [0.29, 0.717) is 25.6 Å². The van der Waals surface area contributed by atoms with E-state index in [2.05, 4.69) is 5.32 Å². The highest BCUT2D eigenvalue weighted by atomic mass is 32.2. The summed E-state index contributed by atoms with van der Waals surface area (Å²) >= 11 is 1.96. The van der Waals surface area contributed by atoms with Crippen LogP contribution < -0.4 is 5.32 Å². The average molecular weight is 316 g/mol. The number of aliphatic carboxylic acids is 1. The highest BCUT2D eigenvalue weighted by Gasteiger charge is 2.39. The summed E-state index contributed by atoms with van der Waals surface area (Å²) in [7, 11) is 0. The van der Waals surface area contributed by atoms with E-state index < -0.39 is 11.9 Å². The van der Waals surface area contributed by atoms with E-state index in [1.165, 1.54) is 0 Å². The van der Waals surface area contributed by atoms with E-state index in [-0.39, 0.29) is 18.7 Å². The minimum atomic E-state index is -0.895. The molecule has 2 fully saturated rings. The molecule has 7 heteroatoms. The Morgan fingerprint density at radius 1 is 1.33 bits per heavy atom. The number of carboxylic acid groups (broad SMARTS) is 1. The zero-order valence-corrected chi connectivity index (χ0v) is 13.2. The topological polar surface area (TPSA) is 78.9 Å². The third-order valence-electron chi connectivity index (χ3n) is 4.25. The average Bonchev–Trinajstić information content (AvgIpc) is 2.96. The Kier molecular flexibility index (Phi) is 6.17. The van der Waals surface area contributed by atoms with Crippen LogP contribution in [0.15, 0.2) is 0 Å². The fourth-order valence-electron chi connectivity index (χ4n) is 2.90. The molecule has 2 N–H and O–H groups in total. The summed E-state index contributed by atoms with van der Waals surface area (Å²) in [5.74, 6) is 1.35. The molecule has 0 radical (unpaired) electrons. The van der Waals surface area contributed by atoms with Crippen LogP contribution in [0.3, 0.4) is 0 Å². The van der Waals surface area contributed by atoms with Gasteiger partial charge in [0.25, 0.3) is 0 Å². The Morgan fingerprint density at radius 3 is 2.67 bits per heavy atom. The van der Waals surface area contributed by atoms with Gasteiger partial charge in [0.05, 0.1) is 19.3 Å². The predicted molar refractivity (Wildman–Crippen MR) is 81.6 cm³/mol. The molecule has 2 aliphatic heterocycles. The molecule has 2 saturated heterocycles. The number of hydrogen-bond acceptors (Lipinski definition) is 4. The third-order valence-corrected chi connectivity index (χ3v) is 5.30. The Labute approximate surface area is 129 Å². The van der Waals surface area contributed by atoms with E-state index in [1.807, 2.05) is 18.7 Å². The second-order valence-electron chi connectivity index (χ2n) is 5.58. The number of carbonyl (C=O) groups is 2. The van der Waals surface area contributed by atoms with Crippen molar-refractivity contribution in [1.82, 2.24) is 10.2 Å². The molecule has 0 aromatic heterocycles. The summed E-state index contributed by atoms with van der Waals surface area (Å²) in [5.41, 5.74) is 0. The van der Waals surface area contributed by atoms with Gasteiger partial charge in [-0.1, -0.05) is 0 Å². The number of carbonyl (C=O) groups excluding carboxylic acids is 1. The minimum Gasteiger partial charge on any atom is -0.481 e. The molecule has 2 aliphatic rings. The molecule has 2 atom stereocenters. The second-order valence-corrected chi connectivity index (χ2v) is 6.80. The molecule has 0 saturated carbocycles. The lowest BCUT2D eigenvalue weighted by atomic mass is 10.0. The summed E-state index contributed by atoms with van der Waals surface area (Å²) in [6.45, 7) is 3.53. The highest BCUT2D eigenvalue weighted by molar-refractivity contribution is 7.99. The first-order chi connectivity index (χ1) is 10.1. The van der Waals surface area contributed by atoms with Crippen LogP contribution in [0.1, 0.15) is 19.8 Å². The van der Waals surface area contributed by atoms with Gasteiger partial charge >= 0.3 is 12.0 Å². The molecule has 21 heavy (non-hydrogen) atoms. The number of rotatable bonds is 5. The Hall–Kier alpha value is -0.950. The van der Waals surface area contributed by atoms with Crippen LogP contribution >= 0.6 is 11.8 Å². The normalized spacial score (nSPS) is 26.5. The van der Waals surface area contributed by atoms with Crippen LogP contribution in [0.4, 0.5) is 4.79 Å². The largest absolute Gasteiger partial charge is 0.481 e. The van der Waals surface area contributed by atoms with Gasteiger partial charge in [-0.05, 0) is 37.2 Å². The Balaban J connectivity index is 1.87. The van der Waals surface area contributed by atoms with Crippen LogP contribution in [0, 0.1) is 11.8 Å². The molecule has 0 bridgehead atoms. The van der Waals surface area contributed by atoms with Crippen molar-refractivity contribution in [2.45, 2.75) is 25.8 Å². The van der Waals surface area contributed by atoms with E-state index in [4.69, 9.17) is 4.74 Å². The number of hydrogen-bond donors (Lipinski definition) is 2. The fourth-order valence-corrected chi connectivity index (χ4v) is 4.10. The maximum atomic E-state index is 12.3. The number of thioether (sulfide) groups is 1. The van der Waals surface area contributed by atoms with Crippen molar-refractivity contribution in [3.05, 3.63) is 0 Å². The van der Waals surface area contributed by atoms with Crippen molar-refractivity contribution in [1.29, 1.82) is 0 Å². The summed E-state index contributed by atoms with van der Waals surface area (Å²) in [6.07, 6.45) is 2.28. The van der Waals surface area contributed by atoms with Crippen LogP contribution in [0.2, 0.25) is 0 Å². The lowest BCUT2D eigenvalue weighted by Gasteiger charge is -2.30. The van der Waals surface area contributed by atoms with Gasteiger partial charge in [0.2, 0.25) is 0 Å². The third kappa shape index (κ3) is 4.26. The van der Waals surface area contributed by atoms with Gasteiger partial charge in [0.1, 0.15) is 5.92 Å². The highest BCUT2D eigenvalue weighted by Crippen LogP contribution is 2.23. The van der Waals surface area contributed by atoms with Gasteiger partial charge in [0.15, 0.2) is 0 Å². The molecule has 2 rings (SSSR count). The van der Waals surface area contributed by atoms with Gasteiger partial charge in [-0.15, -0.1) is 0 Å². The zero-order valence-electron chi connectivity index (χ0n) is 12.4. The van der Waals surface area contributed by atoms with Gasteiger partial charge in [-0.2, -0.15) is 11.8 Å². The first kappa shape index (κ1) is 16.4. The maximum absolute atomic E-state index is 12.3. The van der Waals surface area contributed by atoms with Crippen LogP contribution in [-0.2, 0) is 9.53 Å². The van der Waals surface area contributed by atoms with Crippen LogP contribution in [0.5, 0.6) is 0 Å². The van der Waals surface area contributed by atoms with E-state index in [1.54, 1.807) is 4.90 Å². The molecule has 120 valence electrons. The molecular weight excluding hydrogens is 292 g/mol. The number of nitrogens with one attached hydrogen (secondary N) is 1. The molecular formula is C14H24N2O4S. The van der Waals surface area contributed by atoms with E-state index >= 15 is 0 Å². The maximum Gasteiger partial charge on any atom is 0.317 e. The zero-order chi connectivity index (χ0) is 15.2. The van der Waals surface area contributed by atoms with E-state index in [0.717, 1.165) is 24.3 Å². The summed E-state index contributed by atoms with van der Waals surface area (Å²) in [4.78, 5) is 25.2. The van der Waals surface area contributed by atoms with Gasteiger partial charge in [-0.3, -0.25) is 4.79 Å². The smallest absolute Gasteiger partial charge is 0.317 e. The van der Waals surface area contributed by atoms with Crippen molar-refractivity contribution >= 4 is 23.8 Å². The number of likely N-dealkylation sites (N-methyl/N-ethyl adjacent to an activating group) is 1. The van der Waals surface area contributed by atoms with Gasteiger partial charge in [-0.25, -0.2) is 4.79 Å². The van der Waals surface area contributed by atoms with Gasteiger partial charge in [0, 0.05) is 13.1 Å². The molecule has 0 aromatic carbocycles. The number of urea groups is 1. The standard InChI is InChI=1S/C14H24N2O4S/c1-2-16(12-9-20-8-11(12)13(17)18)14(19)15-7-10-3-5-21-6-4-10/h10-12H,2-9H2,1H3,(H,15,19)(H,17,18). The molecule has 0 aliphatic carbocycles. The summed E-state index contributed by atoms with van der Waals surface area (Å²) in [6, 6.07) is -0.535. The Bertz CT molecular complexity index is 374. The minimum absolute atomic E-state index is 0.169. The molecule has 0 spiro atoms.